The number of carbonyl (C=O) groups is 1. The van der Waals surface area contributed by atoms with E-state index in [1.54, 1.807) is 12.3 Å². The Balaban J connectivity index is 2.08. The second kappa shape index (κ2) is 6.67. The topological polar surface area (TPSA) is 85.1 Å². The van der Waals surface area contributed by atoms with Gasteiger partial charge < -0.3 is 11.1 Å². The molecular formula is C15H19N3O2S. The van der Waals surface area contributed by atoms with Crippen molar-refractivity contribution in [2.24, 2.45) is 0 Å². The van der Waals surface area contributed by atoms with E-state index in [0.29, 0.717) is 29.9 Å². The number of nitrogens with two attached hydrogens (primary N) is 1. The first kappa shape index (κ1) is 15.4. The molecule has 2 atom stereocenters. The maximum Gasteiger partial charge on any atom is 0.269 e. The van der Waals surface area contributed by atoms with Gasteiger partial charge in [0.25, 0.3) is 5.91 Å². The first-order valence-electron chi connectivity index (χ1n) is 6.74. The van der Waals surface area contributed by atoms with Gasteiger partial charge in [-0.15, -0.1) is 0 Å². The zero-order chi connectivity index (χ0) is 15.4. The molecule has 0 fully saturated rings. The van der Waals surface area contributed by atoms with Crippen molar-refractivity contribution in [1.82, 2.24) is 10.3 Å². The number of nitrogens with zero attached hydrogens (tertiary/aromatic N) is 1. The fourth-order valence-electron chi connectivity index (χ4n) is 1.96. The van der Waals surface area contributed by atoms with E-state index in [1.165, 1.54) is 0 Å². The van der Waals surface area contributed by atoms with Crippen LogP contribution in [-0.2, 0) is 10.8 Å². The molecule has 2 rings (SSSR count). The predicted octanol–water partition coefficient (Wildman–Crippen LogP) is 1.70. The molecule has 0 spiro atoms. The SMILES string of the molecule is CC(CCNC(=O)c1cc(N)c2ccccc2n1)S(C)=O. The molecule has 1 amide bonds. The molecule has 0 saturated heterocycles. The van der Waals surface area contributed by atoms with Crippen LogP contribution in [0.2, 0.25) is 0 Å². The Kier molecular flexibility index (Phi) is 4.90. The van der Waals surface area contributed by atoms with Crippen molar-refractivity contribution in [1.29, 1.82) is 0 Å². The zero-order valence-corrected chi connectivity index (χ0v) is 12.9. The van der Waals surface area contributed by atoms with Crippen LogP contribution in [0.1, 0.15) is 23.8 Å². The molecule has 0 radical (unpaired) electrons. The average molecular weight is 305 g/mol. The molecular weight excluding hydrogens is 286 g/mol. The van der Waals surface area contributed by atoms with Crippen molar-refractivity contribution >= 4 is 33.3 Å². The van der Waals surface area contributed by atoms with E-state index in [9.17, 15) is 9.00 Å². The van der Waals surface area contributed by atoms with E-state index < -0.39 is 10.8 Å². The molecule has 0 aliphatic heterocycles. The molecule has 3 N–H and O–H groups in total. The number of rotatable bonds is 5. The minimum atomic E-state index is -0.879. The summed E-state index contributed by atoms with van der Waals surface area (Å²) in [6.45, 7) is 2.36. The number of anilines is 1. The van der Waals surface area contributed by atoms with Crippen LogP contribution >= 0.6 is 0 Å². The lowest BCUT2D eigenvalue weighted by atomic mass is 10.1. The molecule has 1 aromatic carbocycles. The van der Waals surface area contributed by atoms with E-state index in [0.717, 1.165) is 5.39 Å². The number of aromatic nitrogens is 1. The number of hydrogen-bond donors (Lipinski definition) is 2. The molecule has 112 valence electrons. The highest BCUT2D eigenvalue weighted by Crippen LogP contribution is 2.19. The Bertz CT molecular complexity index is 688. The van der Waals surface area contributed by atoms with Crippen LogP contribution in [0, 0.1) is 0 Å². The fourth-order valence-corrected chi connectivity index (χ4v) is 2.41. The highest BCUT2D eigenvalue weighted by Gasteiger charge is 2.11. The van der Waals surface area contributed by atoms with Crippen molar-refractivity contribution < 1.29 is 9.00 Å². The molecule has 1 aromatic heterocycles. The van der Waals surface area contributed by atoms with Crippen LogP contribution in [-0.4, -0.2) is 33.2 Å². The Morgan fingerprint density at radius 3 is 2.86 bits per heavy atom. The number of fused-ring (bicyclic) bond motifs is 1. The second-order valence-corrected chi connectivity index (χ2v) is 6.77. The maximum absolute atomic E-state index is 12.1. The summed E-state index contributed by atoms with van der Waals surface area (Å²) in [5.41, 5.74) is 7.49. The summed E-state index contributed by atoms with van der Waals surface area (Å²) in [5, 5.41) is 3.68. The summed E-state index contributed by atoms with van der Waals surface area (Å²) in [7, 11) is -0.879. The van der Waals surface area contributed by atoms with Gasteiger partial charge in [0.05, 0.1) is 5.52 Å². The standard InChI is InChI=1S/C15H19N3O2S/c1-10(21(2)20)7-8-17-15(19)14-9-12(16)11-5-3-4-6-13(11)18-14/h3-6,9-10H,7-8H2,1-2H3,(H2,16,18)(H,17,19). The van der Waals surface area contributed by atoms with E-state index in [2.05, 4.69) is 10.3 Å². The molecule has 0 aliphatic carbocycles. The number of nitrogens with one attached hydrogen (secondary N) is 1. The second-order valence-electron chi connectivity index (χ2n) is 4.97. The van der Waals surface area contributed by atoms with Gasteiger partial charge in [-0.25, -0.2) is 4.98 Å². The Morgan fingerprint density at radius 2 is 2.14 bits per heavy atom. The number of benzene rings is 1. The van der Waals surface area contributed by atoms with Crippen molar-refractivity contribution in [2.45, 2.75) is 18.6 Å². The highest BCUT2D eigenvalue weighted by atomic mass is 32.2. The Hall–Kier alpha value is -1.95. The van der Waals surface area contributed by atoms with Crippen molar-refractivity contribution in [3.05, 3.63) is 36.0 Å². The molecule has 0 saturated carbocycles. The smallest absolute Gasteiger partial charge is 0.269 e. The van der Waals surface area contributed by atoms with Crippen LogP contribution in [0.15, 0.2) is 30.3 Å². The third-order valence-electron chi connectivity index (χ3n) is 3.38. The molecule has 0 aliphatic rings. The Morgan fingerprint density at radius 1 is 1.43 bits per heavy atom. The van der Waals surface area contributed by atoms with Gasteiger partial charge in [-0.05, 0) is 18.6 Å². The quantitative estimate of drug-likeness (QED) is 0.880. The van der Waals surface area contributed by atoms with E-state index in [-0.39, 0.29) is 11.2 Å². The minimum absolute atomic E-state index is 0.0555. The number of hydrogen-bond acceptors (Lipinski definition) is 4. The van der Waals surface area contributed by atoms with Crippen LogP contribution < -0.4 is 11.1 Å². The lowest BCUT2D eigenvalue weighted by Crippen LogP contribution is -2.28. The minimum Gasteiger partial charge on any atom is -0.398 e. The van der Waals surface area contributed by atoms with Gasteiger partial charge in [-0.2, -0.15) is 0 Å². The molecule has 1 heterocycles. The molecule has 6 heteroatoms. The van der Waals surface area contributed by atoms with Gasteiger partial charge in [0.2, 0.25) is 0 Å². The summed E-state index contributed by atoms with van der Waals surface area (Å²) >= 11 is 0. The first-order valence-corrected chi connectivity index (χ1v) is 8.37. The van der Waals surface area contributed by atoms with E-state index >= 15 is 0 Å². The molecule has 21 heavy (non-hydrogen) atoms. The van der Waals surface area contributed by atoms with Crippen LogP contribution in [0.3, 0.4) is 0 Å². The highest BCUT2D eigenvalue weighted by molar-refractivity contribution is 7.84. The molecule has 5 nitrogen and oxygen atoms in total. The van der Waals surface area contributed by atoms with Crippen LogP contribution in [0.5, 0.6) is 0 Å². The van der Waals surface area contributed by atoms with Gasteiger partial charge >= 0.3 is 0 Å². The normalized spacial score (nSPS) is 13.8. The zero-order valence-electron chi connectivity index (χ0n) is 12.1. The molecule has 2 unspecified atom stereocenters. The van der Waals surface area contributed by atoms with Gasteiger partial charge in [-0.1, -0.05) is 25.1 Å². The number of amides is 1. The third kappa shape index (κ3) is 3.78. The van der Waals surface area contributed by atoms with Crippen LogP contribution in [0.4, 0.5) is 5.69 Å². The number of carbonyl (C=O) groups excluding carboxylic acids is 1. The van der Waals surface area contributed by atoms with Crippen molar-refractivity contribution in [3.8, 4) is 0 Å². The van der Waals surface area contributed by atoms with Gasteiger partial charge in [0.1, 0.15) is 5.69 Å². The van der Waals surface area contributed by atoms with E-state index in [4.69, 9.17) is 5.73 Å². The monoisotopic (exact) mass is 305 g/mol. The summed E-state index contributed by atoms with van der Waals surface area (Å²) in [5.74, 6) is -0.262. The Labute approximate surface area is 126 Å². The fraction of sp³-hybridized carbons (Fsp3) is 0.333. The van der Waals surface area contributed by atoms with Gasteiger partial charge in [0.15, 0.2) is 0 Å². The van der Waals surface area contributed by atoms with Gasteiger partial charge in [-0.3, -0.25) is 9.00 Å². The molecule has 0 bridgehead atoms. The largest absolute Gasteiger partial charge is 0.398 e. The molecule has 2 aromatic rings. The predicted molar refractivity (Wildman–Crippen MR) is 86.6 cm³/mol. The lowest BCUT2D eigenvalue weighted by molar-refractivity contribution is 0.0948. The average Bonchev–Trinajstić information content (AvgIpc) is 2.46. The van der Waals surface area contributed by atoms with Crippen molar-refractivity contribution in [2.75, 3.05) is 18.5 Å². The first-order chi connectivity index (χ1) is 9.99. The summed E-state index contributed by atoms with van der Waals surface area (Å²) in [4.78, 5) is 16.4. The summed E-state index contributed by atoms with van der Waals surface area (Å²) in [6.07, 6.45) is 2.33. The van der Waals surface area contributed by atoms with Crippen molar-refractivity contribution in [3.63, 3.8) is 0 Å². The van der Waals surface area contributed by atoms with Gasteiger partial charge in [0, 0.05) is 39.9 Å². The lowest BCUT2D eigenvalue weighted by Gasteiger charge is -2.10. The number of pyridine rings is 1. The maximum atomic E-state index is 12.1. The third-order valence-corrected chi connectivity index (χ3v) is 4.75. The number of para-hydroxylation sites is 1. The van der Waals surface area contributed by atoms with E-state index in [1.807, 2.05) is 31.2 Å². The van der Waals surface area contributed by atoms with Crippen LogP contribution in [0.25, 0.3) is 10.9 Å². The summed E-state index contributed by atoms with van der Waals surface area (Å²) < 4.78 is 11.3. The summed E-state index contributed by atoms with van der Waals surface area (Å²) in [6, 6.07) is 9.02. The number of nitrogen functional groups attached to an aromatic ring is 1.